The molecule has 0 spiro atoms. The Bertz CT molecular complexity index is 863. The predicted octanol–water partition coefficient (Wildman–Crippen LogP) is 2.34. The van der Waals surface area contributed by atoms with Gasteiger partial charge in [-0.2, -0.15) is 5.10 Å². The monoisotopic (exact) mass is 384 g/mol. The maximum absolute atomic E-state index is 12.0. The number of hydrogen-bond acceptors (Lipinski definition) is 5. The van der Waals surface area contributed by atoms with Gasteiger partial charge in [-0.05, 0) is 32.4 Å². The van der Waals surface area contributed by atoms with E-state index < -0.39 is 0 Å². The fraction of sp³-hybridized carbons (Fsp3) is 0.524. The molecule has 0 bridgehead atoms. The zero-order chi connectivity index (χ0) is 19.7. The molecule has 4 rings (SSSR count). The van der Waals surface area contributed by atoms with Gasteiger partial charge in [-0.25, -0.2) is 0 Å². The predicted molar refractivity (Wildman–Crippen MR) is 105 cm³/mol. The summed E-state index contributed by atoms with van der Waals surface area (Å²) >= 11 is 0. The number of benzene rings is 1. The summed E-state index contributed by atoms with van der Waals surface area (Å²) in [4.78, 5) is 12.0. The van der Waals surface area contributed by atoms with Crippen molar-refractivity contribution in [2.45, 2.75) is 64.4 Å². The Balaban J connectivity index is 1.53. The van der Waals surface area contributed by atoms with Gasteiger partial charge in [-0.3, -0.25) is 9.48 Å². The zero-order valence-corrected chi connectivity index (χ0v) is 16.7. The van der Waals surface area contributed by atoms with Crippen LogP contribution >= 0.6 is 0 Å². The van der Waals surface area contributed by atoms with Crippen molar-refractivity contribution in [1.82, 2.24) is 20.4 Å². The van der Waals surface area contributed by atoms with Crippen molar-refractivity contribution in [3.63, 3.8) is 0 Å². The molecule has 0 saturated carbocycles. The molecule has 2 N–H and O–H groups in total. The molecule has 1 aromatic heterocycles. The van der Waals surface area contributed by atoms with Gasteiger partial charge in [0.25, 0.3) is 0 Å². The van der Waals surface area contributed by atoms with Crippen LogP contribution < -0.4 is 20.1 Å². The van der Waals surface area contributed by atoms with Crippen LogP contribution in [0, 0.1) is 0 Å². The maximum atomic E-state index is 12.0. The van der Waals surface area contributed by atoms with E-state index in [2.05, 4.69) is 35.6 Å². The Morgan fingerprint density at radius 2 is 2.29 bits per heavy atom. The zero-order valence-electron chi connectivity index (χ0n) is 16.7. The second-order valence-electron chi connectivity index (χ2n) is 7.61. The normalized spacial score (nSPS) is 23.8. The summed E-state index contributed by atoms with van der Waals surface area (Å²) in [5.41, 5.74) is 3.33. The highest BCUT2D eigenvalue weighted by molar-refractivity contribution is 5.77. The average Bonchev–Trinajstić information content (AvgIpc) is 3.32. The number of aromatic nitrogens is 2. The summed E-state index contributed by atoms with van der Waals surface area (Å²) in [5, 5.41) is 11.1. The van der Waals surface area contributed by atoms with Crippen LogP contribution in [0.15, 0.2) is 24.5 Å². The van der Waals surface area contributed by atoms with Gasteiger partial charge in [0.1, 0.15) is 17.6 Å². The van der Waals surface area contributed by atoms with Crippen LogP contribution in [0.5, 0.6) is 11.5 Å². The Morgan fingerprint density at radius 3 is 3.04 bits per heavy atom. The van der Waals surface area contributed by atoms with E-state index in [4.69, 9.17) is 9.47 Å². The quantitative estimate of drug-likeness (QED) is 0.799. The molecular weight excluding hydrogens is 356 g/mol. The molecule has 3 heterocycles. The van der Waals surface area contributed by atoms with Crippen molar-refractivity contribution in [3.8, 4) is 11.5 Å². The molecule has 0 aliphatic carbocycles. The van der Waals surface area contributed by atoms with E-state index in [9.17, 15) is 4.79 Å². The highest BCUT2D eigenvalue weighted by atomic mass is 16.5. The number of aryl methyl sites for hydroxylation is 1. The first kappa shape index (κ1) is 18.8. The van der Waals surface area contributed by atoms with Crippen molar-refractivity contribution in [2.75, 3.05) is 7.11 Å². The Hall–Kier alpha value is -2.54. The van der Waals surface area contributed by atoms with E-state index in [0.717, 1.165) is 42.0 Å². The average molecular weight is 384 g/mol. The summed E-state index contributed by atoms with van der Waals surface area (Å²) in [6, 6.07) is 4.15. The molecule has 1 unspecified atom stereocenters. The van der Waals surface area contributed by atoms with Gasteiger partial charge in [0.15, 0.2) is 0 Å². The third-order valence-corrected chi connectivity index (χ3v) is 5.57. The first-order valence-electron chi connectivity index (χ1n) is 9.99. The number of nitrogens with one attached hydrogen (secondary N) is 2. The minimum absolute atomic E-state index is 0.0833. The fourth-order valence-electron chi connectivity index (χ4n) is 4.12. The molecule has 1 fully saturated rings. The van der Waals surface area contributed by atoms with Crippen molar-refractivity contribution in [3.05, 3.63) is 41.2 Å². The largest absolute Gasteiger partial charge is 0.497 e. The molecule has 28 heavy (non-hydrogen) atoms. The second kappa shape index (κ2) is 7.83. The van der Waals surface area contributed by atoms with Gasteiger partial charge in [0.05, 0.1) is 19.3 Å². The first-order chi connectivity index (χ1) is 13.6. The van der Waals surface area contributed by atoms with E-state index in [1.54, 1.807) is 7.11 Å². The number of hydrogen-bond donors (Lipinski definition) is 2. The Labute approximate surface area is 165 Å². The van der Waals surface area contributed by atoms with Gasteiger partial charge in [0, 0.05) is 54.9 Å². The molecular formula is C21H28N4O3. The van der Waals surface area contributed by atoms with Crippen LogP contribution in [-0.2, 0) is 24.3 Å². The molecule has 1 saturated heterocycles. The van der Waals surface area contributed by atoms with Crippen LogP contribution in [0.4, 0.5) is 0 Å². The Kier molecular flexibility index (Phi) is 5.26. The summed E-state index contributed by atoms with van der Waals surface area (Å²) in [7, 11) is 1.69. The third-order valence-electron chi connectivity index (χ3n) is 5.57. The third kappa shape index (κ3) is 3.71. The first-order valence-corrected chi connectivity index (χ1v) is 9.99. The minimum Gasteiger partial charge on any atom is -0.497 e. The topological polar surface area (TPSA) is 77.4 Å². The molecule has 1 aromatic carbocycles. The van der Waals surface area contributed by atoms with Crippen molar-refractivity contribution in [2.24, 2.45) is 0 Å². The number of carbonyl (C=O) groups excluding carboxylic acids is 1. The lowest BCUT2D eigenvalue weighted by Crippen LogP contribution is -2.48. The number of fused-ring (bicyclic) bond motifs is 1. The van der Waals surface area contributed by atoms with Crippen molar-refractivity contribution in [1.29, 1.82) is 0 Å². The summed E-state index contributed by atoms with van der Waals surface area (Å²) < 4.78 is 13.4. The highest BCUT2D eigenvalue weighted by Gasteiger charge is 2.31. The summed E-state index contributed by atoms with van der Waals surface area (Å²) in [5.74, 6) is 1.91. The number of rotatable bonds is 6. The van der Waals surface area contributed by atoms with Crippen LogP contribution in [-0.4, -0.2) is 34.9 Å². The SMILES string of the molecule is CCn1cc([C@@H]2NC(=O)CC[C@H]2NCc2cc(OC)cc3c2OC(C)C3)cn1. The van der Waals surface area contributed by atoms with Crippen LogP contribution in [0.3, 0.4) is 0 Å². The molecule has 2 aliphatic heterocycles. The van der Waals surface area contributed by atoms with E-state index >= 15 is 0 Å². The maximum Gasteiger partial charge on any atom is 0.220 e. The smallest absolute Gasteiger partial charge is 0.220 e. The second-order valence-corrected chi connectivity index (χ2v) is 7.61. The number of carbonyl (C=O) groups is 1. The molecule has 2 aliphatic rings. The van der Waals surface area contributed by atoms with Crippen molar-refractivity contribution >= 4 is 5.91 Å². The van der Waals surface area contributed by atoms with Gasteiger partial charge < -0.3 is 20.1 Å². The molecule has 1 amide bonds. The standard InChI is InChI=1S/C21H28N4O3/c1-4-25-12-16(11-23-25)20-18(5-6-19(26)24-20)22-10-15-9-17(27-3)8-14-7-13(2)28-21(14)15/h8-9,11-13,18,20,22H,4-7,10H2,1-3H3,(H,24,26)/t13?,18-,20+/m1/s1. The lowest BCUT2D eigenvalue weighted by molar-refractivity contribution is -0.123. The number of amides is 1. The van der Waals surface area contributed by atoms with E-state index in [1.807, 2.05) is 23.1 Å². The molecule has 7 heteroatoms. The number of ether oxygens (including phenoxy) is 2. The molecule has 2 aromatic rings. The van der Waals surface area contributed by atoms with E-state index in [0.29, 0.717) is 13.0 Å². The molecule has 7 nitrogen and oxygen atoms in total. The number of piperidine rings is 1. The minimum atomic E-state index is -0.0833. The van der Waals surface area contributed by atoms with Gasteiger partial charge in [-0.15, -0.1) is 0 Å². The lowest BCUT2D eigenvalue weighted by atomic mass is 9.93. The van der Waals surface area contributed by atoms with Crippen molar-refractivity contribution < 1.29 is 14.3 Å². The fourth-order valence-corrected chi connectivity index (χ4v) is 4.12. The van der Waals surface area contributed by atoms with E-state index in [1.165, 1.54) is 5.56 Å². The lowest BCUT2D eigenvalue weighted by Gasteiger charge is -2.32. The van der Waals surface area contributed by atoms with Crippen LogP contribution in [0.1, 0.15) is 49.4 Å². The molecule has 0 radical (unpaired) electrons. The Morgan fingerprint density at radius 1 is 1.43 bits per heavy atom. The number of methoxy groups -OCH3 is 1. The van der Waals surface area contributed by atoms with E-state index in [-0.39, 0.29) is 24.1 Å². The summed E-state index contributed by atoms with van der Waals surface area (Å²) in [6.07, 6.45) is 6.26. The molecule has 3 atom stereocenters. The number of nitrogens with zero attached hydrogens (tertiary/aromatic N) is 2. The van der Waals surface area contributed by atoms with Gasteiger partial charge in [0.2, 0.25) is 5.91 Å². The summed E-state index contributed by atoms with van der Waals surface area (Å²) in [6.45, 7) is 5.60. The van der Waals surface area contributed by atoms with Gasteiger partial charge >= 0.3 is 0 Å². The molecule has 150 valence electrons. The highest BCUT2D eigenvalue weighted by Crippen LogP contribution is 2.36. The van der Waals surface area contributed by atoms with Crippen LogP contribution in [0.2, 0.25) is 0 Å². The van der Waals surface area contributed by atoms with Crippen LogP contribution in [0.25, 0.3) is 0 Å². The van der Waals surface area contributed by atoms with Gasteiger partial charge in [-0.1, -0.05) is 0 Å².